The van der Waals surface area contributed by atoms with Gasteiger partial charge in [0, 0.05) is 6.42 Å². The number of nitrogens with zero attached hydrogens (tertiary/aromatic N) is 2. The van der Waals surface area contributed by atoms with E-state index in [1.165, 1.54) is 18.2 Å². The normalized spacial score (nSPS) is 12.1. The molecule has 1 atom stereocenters. The second-order valence-electron chi connectivity index (χ2n) is 5.59. The van der Waals surface area contributed by atoms with Gasteiger partial charge < -0.3 is 20.1 Å². The molecule has 1 aromatic heterocycles. The molecule has 2 aromatic rings. The molecule has 0 aliphatic rings. The molecule has 0 saturated heterocycles. The number of hydrogen-bond acceptors (Lipinski definition) is 6. The Hall–Kier alpha value is -2.67. The lowest BCUT2D eigenvalue weighted by Crippen LogP contribution is -2.26. The molecule has 0 radical (unpaired) electrons. The van der Waals surface area contributed by atoms with Crippen molar-refractivity contribution < 1.29 is 24.9 Å². The fraction of sp³-hybridized carbons (Fsp3) is 0.353. The smallest absolute Gasteiger partial charge is 0.333 e. The highest BCUT2D eigenvalue weighted by molar-refractivity contribution is 5.72. The standard InChI is InChI=1S/C17H20N2O5/c1-9-10(2)19-13(11(3)18-9)8-24-16(17(22)23)7-12-4-5-14(20)15(21)6-12/h4-6,16,20-21H,7-8H2,1-3H3,(H,22,23). The minimum Gasteiger partial charge on any atom is -0.504 e. The zero-order chi connectivity index (χ0) is 17.9. The summed E-state index contributed by atoms with van der Waals surface area (Å²) in [6.45, 7) is 5.52. The van der Waals surface area contributed by atoms with Crippen molar-refractivity contribution in [1.29, 1.82) is 0 Å². The second kappa shape index (κ2) is 7.27. The van der Waals surface area contributed by atoms with Crippen molar-refractivity contribution in [3.63, 3.8) is 0 Å². The third-order valence-electron chi connectivity index (χ3n) is 3.74. The quantitative estimate of drug-likeness (QED) is 0.694. The molecular formula is C17H20N2O5. The lowest BCUT2D eigenvalue weighted by atomic mass is 10.1. The summed E-state index contributed by atoms with van der Waals surface area (Å²) in [7, 11) is 0. The lowest BCUT2D eigenvalue weighted by molar-refractivity contribution is -0.151. The molecular weight excluding hydrogens is 312 g/mol. The number of hydrogen-bond donors (Lipinski definition) is 3. The number of aromatic nitrogens is 2. The van der Waals surface area contributed by atoms with E-state index in [2.05, 4.69) is 9.97 Å². The van der Waals surface area contributed by atoms with Gasteiger partial charge in [0.25, 0.3) is 0 Å². The van der Waals surface area contributed by atoms with Crippen LogP contribution < -0.4 is 0 Å². The monoisotopic (exact) mass is 332 g/mol. The van der Waals surface area contributed by atoms with Gasteiger partial charge in [-0.3, -0.25) is 9.97 Å². The minimum absolute atomic E-state index is 0.0288. The van der Waals surface area contributed by atoms with Gasteiger partial charge in [0.2, 0.25) is 0 Å². The summed E-state index contributed by atoms with van der Waals surface area (Å²) in [5.41, 5.74) is 3.43. The molecule has 0 bridgehead atoms. The third kappa shape index (κ3) is 4.20. The molecule has 7 nitrogen and oxygen atoms in total. The van der Waals surface area contributed by atoms with Crippen molar-refractivity contribution in [2.75, 3.05) is 0 Å². The molecule has 0 spiro atoms. The maximum Gasteiger partial charge on any atom is 0.333 e. The van der Waals surface area contributed by atoms with E-state index in [1.54, 1.807) is 6.92 Å². The fourth-order valence-corrected chi connectivity index (χ4v) is 2.21. The molecule has 24 heavy (non-hydrogen) atoms. The highest BCUT2D eigenvalue weighted by atomic mass is 16.5. The highest BCUT2D eigenvalue weighted by Crippen LogP contribution is 2.25. The van der Waals surface area contributed by atoms with E-state index in [0.29, 0.717) is 17.0 Å². The molecule has 0 amide bonds. The van der Waals surface area contributed by atoms with Gasteiger partial charge in [-0.25, -0.2) is 4.79 Å². The van der Waals surface area contributed by atoms with Crippen molar-refractivity contribution in [3.05, 3.63) is 46.5 Å². The van der Waals surface area contributed by atoms with Crippen LogP contribution in [0.1, 0.15) is 28.3 Å². The first-order valence-corrected chi connectivity index (χ1v) is 7.44. The number of carboxylic acids is 1. The van der Waals surface area contributed by atoms with Crippen LogP contribution >= 0.6 is 0 Å². The number of rotatable bonds is 6. The minimum atomic E-state index is -1.11. The van der Waals surface area contributed by atoms with Gasteiger partial charge in [-0.05, 0) is 38.5 Å². The van der Waals surface area contributed by atoms with E-state index >= 15 is 0 Å². The van der Waals surface area contributed by atoms with Gasteiger partial charge in [-0.15, -0.1) is 0 Å². The average molecular weight is 332 g/mol. The summed E-state index contributed by atoms with van der Waals surface area (Å²) in [6, 6.07) is 4.16. The number of benzene rings is 1. The first-order chi connectivity index (χ1) is 11.3. The van der Waals surface area contributed by atoms with E-state index in [4.69, 9.17) is 4.74 Å². The van der Waals surface area contributed by atoms with E-state index in [-0.39, 0.29) is 24.5 Å². The van der Waals surface area contributed by atoms with Gasteiger partial charge in [0.05, 0.1) is 29.4 Å². The SMILES string of the molecule is Cc1nc(C)c(COC(Cc2ccc(O)c(O)c2)C(=O)O)nc1C. The highest BCUT2D eigenvalue weighted by Gasteiger charge is 2.20. The number of phenols is 2. The average Bonchev–Trinajstić information content (AvgIpc) is 2.51. The van der Waals surface area contributed by atoms with Crippen molar-refractivity contribution in [3.8, 4) is 11.5 Å². The Labute approximate surface area is 139 Å². The van der Waals surface area contributed by atoms with Crippen LogP contribution in [0.5, 0.6) is 11.5 Å². The Kier molecular flexibility index (Phi) is 5.35. The number of carboxylic acid groups (broad SMARTS) is 1. The Balaban J connectivity index is 2.10. The van der Waals surface area contributed by atoms with Crippen LogP contribution in [0, 0.1) is 20.8 Å². The van der Waals surface area contributed by atoms with Crippen LogP contribution in [-0.4, -0.2) is 37.4 Å². The zero-order valence-electron chi connectivity index (χ0n) is 13.8. The molecule has 2 rings (SSSR count). The van der Waals surface area contributed by atoms with Gasteiger partial charge in [-0.1, -0.05) is 6.07 Å². The molecule has 128 valence electrons. The summed E-state index contributed by atoms with van der Waals surface area (Å²) in [5.74, 6) is -1.67. The summed E-state index contributed by atoms with van der Waals surface area (Å²) in [5, 5.41) is 28.1. The van der Waals surface area contributed by atoms with Crippen molar-refractivity contribution in [2.24, 2.45) is 0 Å². The molecule has 0 saturated carbocycles. The van der Waals surface area contributed by atoms with E-state index in [9.17, 15) is 20.1 Å². The molecule has 1 heterocycles. The van der Waals surface area contributed by atoms with Gasteiger partial charge in [0.15, 0.2) is 17.6 Å². The van der Waals surface area contributed by atoms with Crippen LogP contribution in [-0.2, 0) is 22.6 Å². The number of carbonyl (C=O) groups is 1. The van der Waals surface area contributed by atoms with Crippen molar-refractivity contribution >= 4 is 5.97 Å². The van der Waals surface area contributed by atoms with Crippen LogP contribution in [0.2, 0.25) is 0 Å². The Bertz CT molecular complexity index is 761. The van der Waals surface area contributed by atoms with Gasteiger partial charge >= 0.3 is 5.97 Å². The molecule has 1 unspecified atom stereocenters. The maximum atomic E-state index is 11.4. The predicted octanol–water partition coefficient (Wildman–Crippen LogP) is 2.03. The largest absolute Gasteiger partial charge is 0.504 e. The second-order valence-corrected chi connectivity index (χ2v) is 5.59. The van der Waals surface area contributed by atoms with E-state index < -0.39 is 12.1 Å². The summed E-state index contributed by atoms with van der Waals surface area (Å²) in [6.07, 6.45) is -1.04. The molecule has 0 aliphatic carbocycles. The zero-order valence-corrected chi connectivity index (χ0v) is 13.8. The number of aromatic hydroxyl groups is 2. The predicted molar refractivity (Wildman–Crippen MR) is 85.9 cm³/mol. The van der Waals surface area contributed by atoms with Crippen LogP contribution in [0.3, 0.4) is 0 Å². The third-order valence-corrected chi connectivity index (χ3v) is 3.74. The Morgan fingerprint density at radius 2 is 1.75 bits per heavy atom. The van der Waals surface area contributed by atoms with E-state index in [0.717, 1.165) is 11.4 Å². The fourth-order valence-electron chi connectivity index (χ4n) is 2.21. The molecule has 0 fully saturated rings. The molecule has 3 N–H and O–H groups in total. The molecule has 7 heteroatoms. The van der Waals surface area contributed by atoms with Crippen LogP contribution in [0.4, 0.5) is 0 Å². The van der Waals surface area contributed by atoms with Crippen molar-refractivity contribution in [2.45, 2.75) is 39.9 Å². The first-order valence-electron chi connectivity index (χ1n) is 7.44. The number of aliphatic carboxylic acids is 1. The first kappa shape index (κ1) is 17.7. The summed E-state index contributed by atoms with van der Waals surface area (Å²) >= 11 is 0. The van der Waals surface area contributed by atoms with Crippen LogP contribution in [0.25, 0.3) is 0 Å². The summed E-state index contributed by atoms with van der Waals surface area (Å²) < 4.78 is 5.49. The molecule has 0 aliphatic heterocycles. The summed E-state index contributed by atoms with van der Waals surface area (Å²) in [4.78, 5) is 20.1. The number of ether oxygens (including phenoxy) is 1. The molecule has 1 aromatic carbocycles. The number of aryl methyl sites for hydroxylation is 3. The Morgan fingerprint density at radius 3 is 2.38 bits per heavy atom. The van der Waals surface area contributed by atoms with Gasteiger partial charge in [0.1, 0.15) is 0 Å². The Morgan fingerprint density at radius 1 is 1.08 bits per heavy atom. The van der Waals surface area contributed by atoms with Crippen LogP contribution in [0.15, 0.2) is 18.2 Å². The lowest BCUT2D eigenvalue weighted by Gasteiger charge is -2.15. The maximum absolute atomic E-state index is 11.4. The van der Waals surface area contributed by atoms with Crippen molar-refractivity contribution in [1.82, 2.24) is 9.97 Å². The van der Waals surface area contributed by atoms with E-state index in [1.807, 2.05) is 13.8 Å². The van der Waals surface area contributed by atoms with Gasteiger partial charge in [-0.2, -0.15) is 0 Å². The topological polar surface area (TPSA) is 113 Å². The number of phenolic OH excluding ortho intramolecular Hbond substituents is 2.